The van der Waals surface area contributed by atoms with Crippen molar-refractivity contribution in [2.24, 2.45) is 4.99 Å². The number of aromatic nitrogens is 4. The van der Waals surface area contributed by atoms with Gasteiger partial charge < -0.3 is 5.21 Å². The van der Waals surface area contributed by atoms with Gasteiger partial charge in [-0.05, 0) is 18.2 Å². The minimum absolute atomic E-state index is 0.271. The van der Waals surface area contributed by atoms with E-state index >= 15 is 0 Å². The maximum atomic E-state index is 11.0. The zero-order valence-corrected chi connectivity index (χ0v) is 9.48. The van der Waals surface area contributed by atoms with Crippen molar-refractivity contribution in [1.29, 1.82) is 0 Å². The average molecular weight is 243 g/mol. The standard InChI is InChI=1S/C11H9N5O2/c1-7(17)13-8-2-3-9-10(6-8)15-11(4-5-12-15)16(18)14-9/h2-6,18H,1H3. The van der Waals surface area contributed by atoms with E-state index in [-0.39, 0.29) is 5.91 Å². The molecule has 0 aromatic carbocycles. The van der Waals surface area contributed by atoms with Crippen molar-refractivity contribution in [1.82, 2.24) is 19.6 Å². The van der Waals surface area contributed by atoms with Gasteiger partial charge in [0.05, 0.1) is 17.2 Å². The number of fused-ring (bicyclic) bond motifs is 3. The number of rotatable bonds is 0. The van der Waals surface area contributed by atoms with Gasteiger partial charge in [-0.1, -0.05) is 4.85 Å². The first kappa shape index (κ1) is 10.5. The molecule has 7 nitrogen and oxygen atoms in total. The molecule has 1 aliphatic heterocycles. The van der Waals surface area contributed by atoms with Gasteiger partial charge in [-0.25, -0.2) is 9.51 Å². The number of carbonyl (C=O) groups is 1. The molecule has 0 radical (unpaired) electrons. The van der Waals surface area contributed by atoms with E-state index in [1.165, 1.54) is 11.4 Å². The van der Waals surface area contributed by atoms with Gasteiger partial charge in [0.15, 0.2) is 5.65 Å². The quantitative estimate of drug-likeness (QED) is 0.576. The van der Waals surface area contributed by atoms with Crippen LogP contribution in [-0.2, 0) is 4.79 Å². The molecule has 0 atom stereocenters. The van der Waals surface area contributed by atoms with E-state index in [1.54, 1.807) is 30.5 Å². The minimum atomic E-state index is -0.271. The number of amides is 1. The van der Waals surface area contributed by atoms with Crippen LogP contribution in [0.4, 0.5) is 0 Å². The van der Waals surface area contributed by atoms with E-state index in [1.807, 2.05) is 0 Å². The van der Waals surface area contributed by atoms with E-state index in [9.17, 15) is 10.0 Å². The van der Waals surface area contributed by atoms with Gasteiger partial charge in [-0.2, -0.15) is 5.10 Å². The van der Waals surface area contributed by atoms with Gasteiger partial charge in [0, 0.05) is 13.0 Å². The van der Waals surface area contributed by atoms with Crippen molar-refractivity contribution in [2.45, 2.75) is 6.92 Å². The molecule has 2 heterocycles. The Morgan fingerprint density at radius 3 is 3.00 bits per heavy atom. The molecular weight excluding hydrogens is 234 g/mol. The molecule has 0 spiro atoms. The Morgan fingerprint density at radius 2 is 2.22 bits per heavy atom. The van der Waals surface area contributed by atoms with Crippen molar-refractivity contribution in [3.8, 4) is 11.4 Å². The summed E-state index contributed by atoms with van der Waals surface area (Å²) < 4.78 is 1.53. The Morgan fingerprint density at radius 1 is 1.39 bits per heavy atom. The highest BCUT2D eigenvalue weighted by Crippen LogP contribution is 2.17. The van der Waals surface area contributed by atoms with Crippen molar-refractivity contribution >= 4 is 11.6 Å². The molecule has 0 unspecified atom stereocenters. The predicted molar refractivity (Wildman–Crippen MR) is 61.0 cm³/mol. The number of hydrogen-bond acceptors (Lipinski definition) is 4. The monoisotopic (exact) mass is 243 g/mol. The van der Waals surface area contributed by atoms with E-state index in [0.717, 1.165) is 4.85 Å². The summed E-state index contributed by atoms with van der Waals surface area (Å²) >= 11 is 0. The van der Waals surface area contributed by atoms with Gasteiger partial charge in [-0.15, -0.1) is 5.10 Å². The Labute approximate surface area is 101 Å². The minimum Gasteiger partial charge on any atom is -0.410 e. The molecular formula is C11H9N5O2. The van der Waals surface area contributed by atoms with Crippen LogP contribution in [0, 0.1) is 0 Å². The highest BCUT2D eigenvalue weighted by molar-refractivity contribution is 5.74. The summed E-state index contributed by atoms with van der Waals surface area (Å²) in [6.45, 7) is 1.39. The molecule has 18 heavy (non-hydrogen) atoms. The molecule has 3 rings (SSSR count). The average Bonchev–Trinajstić information content (AvgIpc) is 2.79. The first-order valence-corrected chi connectivity index (χ1v) is 5.26. The number of benzene rings is 1. The van der Waals surface area contributed by atoms with Crippen molar-refractivity contribution in [3.05, 3.63) is 35.8 Å². The molecule has 0 saturated carbocycles. The molecule has 1 aliphatic carbocycles. The van der Waals surface area contributed by atoms with E-state index in [0.29, 0.717) is 22.4 Å². The number of nitrogens with zero attached hydrogens (tertiary/aromatic N) is 5. The third-order valence-electron chi connectivity index (χ3n) is 2.50. The Balaban J connectivity index is 2.43. The molecule has 7 heteroatoms. The van der Waals surface area contributed by atoms with Gasteiger partial charge in [0.25, 0.3) is 0 Å². The normalized spacial score (nSPS) is 12.4. The molecule has 1 aromatic rings. The van der Waals surface area contributed by atoms with Crippen molar-refractivity contribution < 1.29 is 10.0 Å². The van der Waals surface area contributed by atoms with E-state index in [2.05, 4.69) is 15.2 Å². The first-order chi connectivity index (χ1) is 8.65. The third-order valence-corrected chi connectivity index (χ3v) is 2.50. The van der Waals surface area contributed by atoms with Gasteiger partial charge in [0.1, 0.15) is 5.69 Å². The summed E-state index contributed by atoms with van der Waals surface area (Å²) in [5.74, 6) is -0.271. The zero-order valence-electron chi connectivity index (χ0n) is 9.48. The summed E-state index contributed by atoms with van der Waals surface area (Å²) in [6, 6.07) is 6.65. The summed E-state index contributed by atoms with van der Waals surface area (Å²) in [5.41, 5.74) is 1.65. The fourth-order valence-electron chi connectivity index (χ4n) is 1.80. The summed E-state index contributed by atoms with van der Waals surface area (Å²) in [7, 11) is 0. The molecule has 1 amide bonds. The molecule has 1 N–H and O–H groups in total. The Bertz CT molecular complexity index is 786. The van der Waals surface area contributed by atoms with Crippen LogP contribution < -0.4 is 5.36 Å². The van der Waals surface area contributed by atoms with Crippen LogP contribution in [0.25, 0.3) is 17.0 Å². The van der Waals surface area contributed by atoms with Crippen LogP contribution in [0.15, 0.2) is 35.5 Å². The molecule has 2 aliphatic rings. The smallest absolute Gasteiger partial charge is 0.243 e. The first-order valence-electron chi connectivity index (χ1n) is 5.26. The lowest BCUT2D eigenvalue weighted by atomic mass is 10.2. The SMILES string of the molecule is CC(=O)N=c1ccc2nn(O)c3ccnn3c-2c1. The lowest BCUT2D eigenvalue weighted by Crippen LogP contribution is -2.13. The second-order valence-corrected chi connectivity index (χ2v) is 3.79. The second kappa shape index (κ2) is 3.66. The van der Waals surface area contributed by atoms with Crippen LogP contribution in [0.3, 0.4) is 0 Å². The van der Waals surface area contributed by atoms with Crippen LogP contribution in [0.5, 0.6) is 0 Å². The predicted octanol–water partition coefficient (Wildman–Crippen LogP) is 0.320. The maximum absolute atomic E-state index is 11.0. The lowest BCUT2D eigenvalue weighted by Gasteiger charge is -2.08. The zero-order chi connectivity index (χ0) is 12.7. The van der Waals surface area contributed by atoms with Crippen LogP contribution in [0.2, 0.25) is 0 Å². The Kier molecular flexibility index (Phi) is 2.12. The molecule has 90 valence electrons. The molecule has 0 fully saturated rings. The van der Waals surface area contributed by atoms with E-state index < -0.39 is 0 Å². The fourth-order valence-corrected chi connectivity index (χ4v) is 1.80. The number of carbonyl (C=O) groups excluding carboxylic acids is 1. The highest BCUT2D eigenvalue weighted by Gasteiger charge is 2.11. The van der Waals surface area contributed by atoms with Crippen LogP contribution in [-0.4, -0.2) is 30.7 Å². The highest BCUT2D eigenvalue weighted by atomic mass is 16.5. The molecule has 1 aromatic heterocycles. The van der Waals surface area contributed by atoms with Crippen molar-refractivity contribution in [2.75, 3.05) is 0 Å². The van der Waals surface area contributed by atoms with Crippen LogP contribution in [0.1, 0.15) is 6.92 Å². The van der Waals surface area contributed by atoms with Gasteiger partial charge in [0.2, 0.25) is 5.91 Å². The maximum Gasteiger partial charge on any atom is 0.243 e. The lowest BCUT2D eigenvalue weighted by molar-refractivity contribution is -0.116. The van der Waals surface area contributed by atoms with Gasteiger partial charge >= 0.3 is 0 Å². The van der Waals surface area contributed by atoms with Crippen LogP contribution >= 0.6 is 0 Å². The largest absolute Gasteiger partial charge is 0.410 e. The molecule has 0 bridgehead atoms. The summed E-state index contributed by atoms with van der Waals surface area (Å²) in [5, 5.41) is 18.3. The summed E-state index contributed by atoms with van der Waals surface area (Å²) in [6.07, 6.45) is 1.55. The number of hydrogen-bond donors (Lipinski definition) is 1. The fraction of sp³-hybridized carbons (Fsp3) is 0.0909. The summed E-state index contributed by atoms with van der Waals surface area (Å²) in [4.78, 5) is 15.6. The van der Waals surface area contributed by atoms with E-state index in [4.69, 9.17) is 0 Å². The second-order valence-electron chi connectivity index (χ2n) is 3.79. The molecule has 0 saturated heterocycles. The third kappa shape index (κ3) is 1.53. The van der Waals surface area contributed by atoms with Crippen molar-refractivity contribution in [3.63, 3.8) is 0 Å². The topological polar surface area (TPSA) is 84.8 Å². The Hall–Kier alpha value is -2.70. The van der Waals surface area contributed by atoms with Gasteiger partial charge in [-0.3, -0.25) is 4.79 Å².